The van der Waals surface area contributed by atoms with E-state index < -0.39 is 0 Å². The molecule has 1 aromatic heterocycles. The summed E-state index contributed by atoms with van der Waals surface area (Å²) in [5.74, 6) is 0.852. The number of halogens is 1. The molecule has 0 saturated heterocycles. The summed E-state index contributed by atoms with van der Waals surface area (Å²) in [5.41, 5.74) is 3.71. The first-order chi connectivity index (χ1) is 13.9. The Kier molecular flexibility index (Phi) is 6.95. The van der Waals surface area contributed by atoms with Gasteiger partial charge in [0.2, 0.25) is 0 Å². The molecule has 2 N–H and O–H groups in total. The van der Waals surface area contributed by atoms with Crippen molar-refractivity contribution in [2.75, 3.05) is 44.4 Å². The molecule has 8 heteroatoms. The van der Waals surface area contributed by atoms with E-state index in [9.17, 15) is 0 Å². The highest BCUT2D eigenvalue weighted by molar-refractivity contribution is 6.30. The Labute approximate surface area is 176 Å². The van der Waals surface area contributed by atoms with Crippen LogP contribution in [0.25, 0.3) is 0 Å². The van der Waals surface area contributed by atoms with Gasteiger partial charge in [0, 0.05) is 23.7 Å². The lowest BCUT2D eigenvalue weighted by molar-refractivity contribution is 0.413. The van der Waals surface area contributed by atoms with Gasteiger partial charge in [-0.3, -0.25) is 4.48 Å². The molecule has 0 amide bonds. The first-order valence-electron chi connectivity index (χ1n) is 9.62. The van der Waals surface area contributed by atoms with E-state index in [0.717, 1.165) is 24.5 Å². The molecule has 2 aromatic carbocycles. The van der Waals surface area contributed by atoms with Crippen molar-refractivity contribution in [2.24, 2.45) is 0 Å². The minimum atomic E-state index is 0.421. The lowest BCUT2D eigenvalue weighted by atomic mass is 10.1. The first-order valence-corrected chi connectivity index (χ1v) is 10.00. The number of likely N-dealkylation sites (N-methyl/N-ethyl adjacent to an activating group) is 1. The molecule has 3 rings (SSSR count). The van der Waals surface area contributed by atoms with Gasteiger partial charge in [0.25, 0.3) is 11.9 Å². The number of aromatic nitrogens is 4. The summed E-state index contributed by atoms with van der Waals surface area (Å²) in [4.78, 5) is 0. The van der Waals surface area contributed by atoms with E-state index in [2.05, 4.69) is 76.3 Å². The van der Waals surface area contributed by atoms with Crippen LogP contribution in [0.15, 0.2) is 48.5 Å². The van der Waals surface area contributed by atoms with Gasteiger partial charge >= 0.3 is 0 Å². The van der Waals surface area contributed by atoms with Gasteiger partial charge in [0.15, 0.2) is 0 Å². The van der Waals surface area contributed by atoms with Gasteiger partial charge in [0.1, 0.15) is 12.2 Å². The summed E-state index contributed by atoms with van der Waals surface area (Å²) in [6.07, 6.45) is 0.890. The third-order valence-corrected chi connectivity index (χ3v) is 5.03. The normalized spacial score (nSPS) is 11.3. The fraction of sp³-hybridized carbons (Fsp3) is 0.333. The molecule has 0 atom stereocenters. The standard InChI is InChI=1S/C21H27ClN7/c1-16-4-6-17(7-5-16)12-13-23-20-25-27-21(28-26-20)24-14-15-29(2,3)19-10-8-18(22)9-11-19/h4-11H,12-15H2,1-3H3,(H,23,25,26)(H,24,27,28)/q+1. The van der Waals surface area contributed by atoms with Gasteiger partial charge in [-0.1, -0.05) is 41.4 Å². The summed E-state index contributed by atoms with van der Waals surface area (Å²) in [6.45, 7) is 4.35. The van der Waals surface area contributed by atoms with Crippen molar-refractivity contribution in [2.45, 2.75) is 13.3 Å². The van der Waals surface area contributed by atoms with Crippen LogP contribution in [0.2, 0.25) is 5.02 Å². The van der Waals surface area contributed by atoms with Gasteiger partial charge in [0.05, 0.1) is 20.6 Å². The summed E-state index contributed by atoms with van der Waals surface area (Å²) < 4.78 is 0.712. The molecular formula is C21H27ClN7+. The smallest absolute Gasteiger partial charge is 0.262 e. The SMILES string of the molecule is Cc1ccc(CCNc2nnc(NCC[N+](C)(C)c3ccc(Cl)cc3)nn2)cc1. The van der Waals surface area contributed by atoms with Crippen LogP contribution < -0.4 is 15.1 Å². The van der Waals surface area contributed by atoms with E-state index in [0.29, 0.717) is 22.9 Å². The van der Waals surface area contributed by atoms with Crippen LogP contribution in [0.5, 0.6) is 0 Å². The van der Waals surface area contributed by atoms with E-state index in [1.165, 1.54) is 16.8 Å². The van der Waals surface area contributed by atoms with E-state index in [1.54, 1.807) is 0 Å². The molecule has 0 fully saturated rings. The molecule has 7 nitrogen and oxygen atoms in total. The number of benzene rings is 2. The van der Waals surface area contributed by atoms with Gasteiger partial charge in [-0.2, -0.15) is 0 Å². The zero-order valence-corrected chi connectivity index (χ0v) is 17.8. The molecule has 0 aliphatic carbocycles. The maximum atomic E-state index is 5.97. The quantitative estimate of drug-likeness (QED) is 0.523. The van der Waals surface area contributed by atoms with Crippen LogP contribution in [-0.2, 0) is 6.42 Å². The summed E-state index contributed by atoms with van der Waals surface area (Å²) in [5, 5.41) is 23.4. The molecule has 0 saturated carbocycles. The third-order valence-electron chi connectivity index (χ3n) is 4.78. The highest BCUT2D eigenvalue weighted by Crippen LogP contribution is 2.21. The molecule has 29 heavy (non-hydrogen) atoms. The highest BCUT2D eigenvalue weighted by Gasteiger charge is 2.18. The number of aryl methyl sites for hydroxylation is 1. The molecule has 0 aliphatic rings. The van der Waals surface area contributed by atoms with Crippen LogP contribution in [0.3, 0.4) is 0 Å². The third kappa shape index (κ3) is 6.37. The average molecular weight is 413 g/mol. The fourth-order valence-electron chi connectivity index (χ4n) is 2.87. The van der Waals surface area contributed by atoms with Crippen molar-refractivity contribution in [1.82, 2.24) is 24.9 Å². The Morgan fingerprint density at radius 3 is 1.93 bits per heavy atom. The maximum Gasteiger partial charge on any atom is 0.262 e. The second kappa shape index (κ2) is 9.62. The second-order valence-corrected chi connectivity index (χ2v) is 7.96. The van der Waals surface area contributed by atoms with Gasteiger partial charge < -0.3 is 10.6 Å². The number of nitrogens with zero attached hydrogens (tertiary/aromatic N) is 5. The van der Waals surface area contributed by atoms with E-state index >= 15 is 0 Å². The minimum Gasteiger partial charge on any atom is -0.351 e. The van der Waals surface area contributed by atoms with Crippen LogP contribution in [0, 0.1) is 6.92 Å². The predicted molar refractivity (Wildman–Crippen MR) is 119 cm³/mol. The number of anilines is 2. The van der Waals surface area contributed by atoms with Crippen LogP contribution in [-0.4, -0.2) is 54.1 Å². The zero-order chi connectivity index (χ0) is 20.7. The number of quaternary nitrogens is 1. The van der Waals surface area contributed by atoms with Crippen molar-refractivity contribution >= 4 is 29.2 Å². The monoisotopic (exact) mass is 412 g/mol. The topological polar surface area (TPSA) is 75.6 Å². The van der Waals surface area contributed by atoms with Crippen LogP contribution in [0.4, 0.5) is 17.6 Å². The van der Waals surface area contributed by atoms with Crippen molar-refractivity contribution < 1.29 is 0 Å². The largest absolute Gasteiger partial charge is 0.351 e. The van der Waals surface area contributed by atoms with Crippen LogP contribution in [0.1, 0.15) is 11.1 Å². The van der Waals surface area contributed by atoms with Gasteiger partial charge in [-0.25, -0.2) is 0 Å². The van der Waals surface area contributed by atoms with Gasteiger partial charge in [-0.15, -0.1) is 20.4 Å². The number of rotatable bonds is 9. The summed E-state index contributed by atoms with van der Waals surface area (Å²) >= 11 is 5.97. The van der Waals surface area contributed by atoms with E-state index in [4.69, 9.17) is 11.6 Å². The average Bonchev–Trinajstić information content (AvgIpc) is 2.71. The van der Waals surface area contributed by atoms with Crippen molar-refractivity contribution in [1.29, 1.82) is 0 Å². The number of nitrogens with one attached hydrogen (secondary N) is 2. The maximum absolute atomic E-state index is 5.97. The molecular weight excluding hydrogens is 386 g/mol. The van der Waals surface area contributed by atoms with Crippen molar-refractivity contribution in [3.63, 3.8) is 0 Å². The van der Waals surface area contributed by atoms with Crippen LogP contribution >= 0.6 is 11.6 Å². The van der Waals surface area contributed by atoms with E-state index in [1.807, 2.05) is 24.3 Å². The molecule has 0 aliphatic heterocycles. The number of hydrogen-bond donors (Lipinski definition) is 2. The van der Waals surface area contributed by atoms with E-state index in [-0.39, 0.29) is 0 Å². The van der Waals surface area contributed by atoms with Crippen molar-refractivity contribution in [3.8, 4) is 0 Å². The molecule has 1 heterocycles. The molecule has 0 bridgehead atoms. The molecule has 0 unspecified atom stereocenters. The minimum absolute atomic E-state index is 0.421. The fourth-order valence-corrected chi connectivity index (χ4v) is 2.99. The summed E-state index contributed by atoms with van der Waals surface area (Å²) in [7, 11) is 4.28. The Balaban J connectivity index is 1.43. The zero-order valence-electron chi connectivity index (χ0n) is 17.1. The lowest BCUT2D eigenvalue weighted by Gasteiger charge is -2.29. The predicted octanol–water partition coefficient (Wildman–Crippen LogP) is 3.56. The molecule has 0 spiro atoms. The Hall–Kier alpha value is -2.77. The Morgan fingerprint density at radius 1 is 0.793 bits per heavy atom. The lowest BCUT2D eigenvalue weighted by Crippen LogP contribution is -2.44. The Morgan fingerprint density at radius 2 is 1.34 bits per heavy atom. The number of hydrogen-bond acceptors (Lipinski definition) is 6. The van der Waals surface area contributed by atoms with Crippen molar-refractivity contribution in [3.05, 3.63) is 64.7 Å². The highest BCUT2D eigenvalue weighted by atomic mass is 35.5. The molecule has 3 aromatic rings. The Bertz CT molecular complexity index is 894. The molecule has 152 valence electrons. The summed E-state index contributed by atoms with van der Waals surface area (Å²) in [6, 6.07) is 16.4. The first kappa shape index (κ1) is 21.0. The molecule has 0 radical (unpaired) electrons. The van der Waals surface area contributed by atoms with Gasteiger partial charge in [-0.05, 0) is 31.0 Å². The second-order valence-electron chi connectivity index (χ2n) is 7.52.